The SMILES string of the molecule is CCCCC1=NC2(CCCC2)C(=O)N1CCc1ccccc1OC(C)(C)C(=O)OCC. The van der Waals surface area contributed by atoms with Gasteiger partial charge in [0, 0.05) is 13.0 Å². The van der Waals surface area contributed by atoms with Crippen LogP contribution in [0.4, 0.5) is 0 Å². The quantitative estimate of drug-likeness (QED) is 0.507. The van der Waals surface area contributed by atoms with Crippen LogP contribution in [0.5, 0.6) is 5.75 Å². The van der Waals surface area contributed by atoms with Crippen LogP contribution < -0.4 is 4.74 Å². The fourth-order valence-electron chi connectivity index (χ4n) is 4.43. The van der Waals surface area contributed by atoms with Crippen LogP contribution in [0, 0.1) is 0 Å². The largest absolute Gasteiger partial charge is 0.476 e. The third-order valence-corrected chi connectivity index (χ3v) is 6.19. The molecule has 1 aliphatic heterocycles. The standard InChI is InChI=1S/C25H36N2O4/c1-5-7-14-21-26-25(16-10-11-17-25)22(28)27(21)18-15-19-12-8-9-13-20(19)31-24(3,4)23(29)30-6-2/h8-9,12-13H,5-7,10-11,14-18H2,1-4H3. The zero-order valence-corrected chi connectivity index (χ0v) is 19.4. The molecule has 1 fully saturated rings. The first-order chi connectivity index (χ1) is 14.8. The molecular weight excluding hydrogens is 392 g/mol. The lowest BCUT2D eigenvalue weighted by Gasteiger charge is -2.26. The van der Waals surface area contributed by atoms with E-state index in [1.54, 1.807) is 20.8 Å². The summed E-state index contributed by atoms with van der Waals surface area (Å²) in [6, 6.07) is 7.70. The molecule has 1 heterocycles. The van der Waals surface area contributed by atoms with Crippen molar-refractivity contribution < 1.29 is 19.1 Å². The van der Waals surface area contributed by atoms with E-state index >= 15 is 0 Å². The van der Waals surface area contributed by atoms with E-state index < -0.39 is 17.1 Å². The number of aliphatic imine (C=N–C) groups is 1. The fourth-order valence-corrected chi connectivity index (χ4v) is 4.43. The number of esters is 1. The second-order valence-corrected chi connectivity index (χ2v) is 9.02. The smallest absolute Gasteiger partial charge is 0.349 e. The van der Waals surface area contributed by atoms with Crippen LogP contribution in [0.1, 0.15) is 78.2 Å². The normalized spacial score (nSPS) is 17.9. The number of ether oxygens (including phenoxy) is 2. The monoisotopic (exact) mass is 428 g/mol. The first-order valence-electron chi connectivity index (χ1n) is 11.7. The van der Waals surface area contributed by atoms with Crippen molar-refractivity contribution >= 4 is 17.7 Å². The van der Waals surface area contributed by atoms with Gasteiger partial charge in [0.05, 0.1) is 6.61 Å². The Kier molecular flexibility index (Phi) is 7.39. The molecule has 1 saturated carbocycles. The summed E-state index contributed by atoms with van der Waals surface area (Å²) in [6.07, 6.45) is 7.48. The summed E-state index contributed by atoms with van der Waals surface area (Å²) >= 11 is 0. The Balaban J connectivity index is 1.74. The van der Waals surface area contributed by atoms with E-state index in [4.69, 9.17) is 14.5 Å². The van der Waals surface area contributed by atoms with Crippen LogP contribution in [0.25, 0.3) is 0 Å². The number of hydrogen-bond acceptors (Lipinski definition) is 5. The zero-order valence-electron chi connectivity index (χ0n) is 19.4. The maximum absolute atomic E-state index is 13.3. The Labute approximate surface area is 186 Å². The first kappa shape index (κ1) is 23.3. The number of carbonyl (C=O) groups excluding carboxylic acids is 2. The molecule has 0 aromatic heterocycles. The van der Waals surface area contributed by atoms with Crippen LogP contribution >= 0.6 is 0 Å². The van der Waals surface area contributed by atoms with Gasteiger partial charge in [-0.1, -0.05) is 44.4 Å². The highest BCUT2D eigenvalue weighted by molar-refractivity contribution is 6.08. The van der Waals surface area contributed by atoms with E-state index in [0.717, 1.165) is 56.3 Å². The van der Waals surface area contributed by atoms with Crippen molar-refractivity contribution in [2.75, 3.05) is 13.2 Å². The van der Waals surface area contributed by atoms with E-state index in [1.165, 1.54) is 0 Å². The Morgan fingerprint density at radius 3 is 2.55 bits per heavy atom. The lowest BCUT2D eigenvalue weighted by Crippen LogP contribution is -2.42. The molecule has 0 bridgehead atoms. The van der Waals surface area contributed by atoms with E-state index in [-0.39, 0.29) is 5.91 Å². The molecular formula is C25H36N2O4. The topological polar surface area (TPSA) is 68.2 Å². The van der Waals surface area contributed by atoms with Gasteiger partial charge in [-0.3, -0.25) is 14.7 Å². The van der Waals surface area contributed by atoms with Gasteiger partial charge in [-0.25, -0.2) is 4.79 Å². The number of amidine groups is 1. The van der Waals surface area contributed by atoms with Gasteiger partial charge >= 0.3 is 5.97 Å². The van der Waals surface area contributed by atoms with Crippen LogP contribution in [0.2, 0.25) is 0 Å². The molecule has 1 amide bonds. The number of nitrogens with zero attached hydrogens (tertiary/aromatic N) is 2. The summed E-state index contributed by atoms with van der Waals surface area (Å²) in [5.74, 6) is 1.37. The van der Waals surface area contributed by atoms with Crippen LogP contribution in [-0.2, 0) is 20.7 Å². The van der Waals surface area contributed by atoms with E-state index in [9.17, 15) is 9.59 Å². The summed E-state index contributed by atoms with van der Waals surface area (Å²) in [6.45, 7) is 8.25. The molecule has 1 aliphatic carbocycles. The van der Waals surface area contributed by atoms with E-state index in [0.29, 0.717) is 25.3 Å². The van der Waals surface area contributed by atoms with Crippen molar-refractivity contribution in [2.45, 2.75) is 90.2 Å². The lowest BCUT2D eigenvalue weighted by molar-refractivity contribution is -0.158. The van der Waals surface area contributed by atoms with E-state index in [2.05, 4.69) is 6.92 Å². The average molecular weight is 429 g/mol. The van der Waals surface area contributed by atoms with Gasteiger partial charge in [0.1, 0.15) is 17.1 Å². The molecule has 0 atom stereocenters. The van der Waals surface area contributed by atoms with Crippen LogP contribution in [0.3, 0.4) is 0 Å². The molecule has 31 heavy (non-hydrogen) atoms. The van der Waals surface area contributed by atoms with Crippen molar-refractivity contribution in [3.63, 3.8) is 0 Å². The van der Waals surface area contributed by atoms with Crippen molar-refractivity contribution in [3.05, 3.63) is 29.8 Å². The van der Waals surface area contributed by atoms with E-state index in [1.807, 2.05) is 29.2 Å². The molecule has 0 saturated heterocycles. The van der Waals surface area contributed by atoms with Gasteiger partial charge in [0.2, 0.25) is 0 Å². The number of benzene rings is 1. The van der Waals surface area contributed by atoms with Gasteiger partial charge in [-0.15, -0.1) is 0 Å². The van der Waals surface area contributed by atoms with Crippen molar-refractivity contribution in [2.24, 2.45) is 4.99 Å². The predicted molar refractivity (Wildman–Crippen MR) is 121 cm³/mol. The molecule has 1 spiro atoms. The fraction of sp³-hybridized carbons (Fsp3) is 0.640. The Morgan fingerprint density at radius 2 is 1.87 bits per heavy atom. The first-order valence-corrected chi connectivity index (χ1v) is 11.7. The second kappa shape index (κ2) is 9.84. The van der Waals surface area contributed by atoms with Gasteiger partial charge in [-0.05, 0) is 58.1 Å². The number of amides is 1. The summed E-state index contributed by atoms with van der Waals surface area (Å²) in [5.41, 5.74) is -0.628. The predicted octanol–water partition coefficient (Wildman–Crippen LogP) is 4.69. The highest BCUT2D eigenvalue weighted by Gasteiger charge is 2.49. The van der Waals surface area contributed by atoms with Crippen LogP contribution in [0.15, 0.2) is 29.3 Å². The average Bonchev–Trinajstić information content (AvgIpc) is 3.31. The summed E-state index contributed by atoms with van der Waals surface area (Å²) in [4.78, 5) is 32.4. The van der Waals surface area contributed by atoms with Crippen molar-refractivity contribution in [1.82, 2.24) is 4.90 Å². The maximum Gasteiger partial charge on any atom is 0.349 e. The highest BCUT2D eigenvalue weighted by Crippen LogP contribution is 2.39. The Morgan fingerprint density at radius 1 is 1.16 bits per heavy atom. The number of rotatable bonds is 10. The minimum atomic E-state index is -1.09. The summed E-state index contributed by atoms with van der Waals surface area (Å²) in [5, 5.41) is 0. The number of unbranched alkanes of at least 4 members (excludes halogenated alkanes) is 1. The van der Waals surface area contributed by atoms with Gasteiger partial charge < -0.3 is 9.47 Å². The molecule has 170 valence electrons. The van der Waals surface area contributed by atoms with Gasteiger partial charge in [-0.2, -0.15) is 0 Å². The molecule has 3 rings (SSSR count). The van der Waals surface area contributed by atoms with Gasteiger partial charge in [0.15, 0.2) is 5.60 Å². The van der Waals surface area contributed by atoms with Crippen molar-refractivity contribution in [3.8, 4) is 5.75 Å². The third-order valence-electron chi connectivity index (χ3n) is 6.19. The zero-order chi connectivity index (χ0) is 22.5. The Bertz CT molecular complexity index is 825. The highest BCUT2D eigenvalue weighted by atomic mass is 16.6. The number of hydrogen-bond donors (Lipinski definition) is 0. The molecule has 6 heteroatoms. The molecule has 2 aliphatic rings. The van der Waals surface area contributed by atoms with Crippen LogP contribution in [-0.4, -0.2) is 46.9 Å². The molecule has 0 unspecified atom stereocenters. The molecule has 0 radical (unpaired) electrons. The third kappa shape index (κ3) is 5.10. The Hall–Kier alpha value is -2.37. The minimum absolute atomic E-state index is 0.168. The summed E-state index contributed by atoms with van der Waals surface area (Å²) < 4.78 is 11.2. The number of carbonyl (C=O) groups is 2. The lowest BCUT2D eigenvalue weighted by atomic mass is 9.98. The molecule has 1 aromatic carbocycles. The molecule has 0 N–H and O–H groups in total. The van der Waals surface area contributed by atoms with Gasteiger partial charge in [0.25, 0.3) is 5.91 Å². The number of para-hydroxylation sites is 1. The summed E-state index contributed by atoms with van der Waals surface area (Å²) in [7, 11) is 0. The minimum Gasteiger partial charge on any atom is -0.476 e. The molecule has 6 nitrogen and oxygen atoms in total. The maximum atomic E-state index is 13.3. The molecule has 1 aromatic rings. The second-order valence-electron chi connectivity index (χ2n) is 9.02. The van der Waals surface area contributed by atoms with Crippen molar-refractivity contribution in [1.29, 1.82) is 0 Å².